The number of halogens is 1. The Morgan fingerprint density at radius 3 is 2.62 bits per heavy atom. The predicted octanol–water partition coefficient (Wildman–Crippen LogP) is 1.87. The molecule has 29 heavy (non-hydrogen) atoms. The molecular formula is C20H34IN5O3. The predicted molar refractivity (Wildman–Crippen MR) is 128 cm³/mol. The van der Waals surface area contributed by atoms with E-state index in [2.05, 4.69) is 20.5 Å². The molecule has 0 spiro atoms. The van der Waals surface area contributed by atoms with Crippen LogP contribution in [-0.2, 0) is 9.53 Å². The molecule has 0 radical (unpaired) electrons. The molecule has 1 heterocycles. The summed E-state index contributed by atoms with van der Waals surface area (Å²) in [5.41, 5.74) is 0.924. The number of piperazine rings is 1. The lowest BCUT2D eigenvalue weighted by atomic mass is 10.3. The molecule has 1 saturated heterocycles. The first-order chi connectivity index (χ1) is 13.6. The van der Waals surface area contributed by atoms with Crippen LogP contribution >= 0.6 is 24.0 Å². The van der Waals surface area contributed by atoms with Gasteiger partial charge in [0, 0.05) is 85.1 Å². The number of guanidine groups is 1. The van der Waals surface area contributed by atoms with E-state index in [1.807, 2.05) is 29.2 Å². The van der Waals surface area contributed by atoms with Crippen LogP contribution in [0.4, 0.5) is 5.69 Å². The van der Waals surface area contributed by atoms with Gasteiger partial charge < -0.3 is 25.0 Å². The number of methoxy groups -OCH3 is 1. The Labute approximate surface area is 191 Å². The Kier molecular flexibility index (Phi) is 12.6. The summed E-state index contributed by atoms with van der Waals surface area (Å²) in [5, 5.41) is 6.63. The molecule has 0 aromatic heterocycles. The van der Waals surface area contributed by atoms with Gasteiger partial charge in [-0.3, -0.25) is 14.7 Å². The van der Waals surface area contributed by atoms with Crippen molar-refractivity contribution < 1.29 is 14.3 Å². The van der Waals surface area contributed by atoms with Gasteiger partial charge in [-0.25, -0.2) is 0 Å². The fraction of sp³-hybridized carbons (Fsp3) is 0.600. The van der Waals surface area contributed by atoms with Gasteiger partial charge >= 0.3 is 0 Å². The fourth-order valence-electron chi connectivity index (χ4n) is 2.99. The number of nitrogens with zero attached hydrogens (tertiary/aromatic N) is 3. The number of carbonyl (C=O) groups excluding carboxylic acids is 1. The molecule has 0 unspecified atom stereocenters. The Hall–Kier alpha value is -1.59. The molecule has 1 fully saturated rings. The normalized spacial score (nSPS) is 14.9. The van der Waals surface area contributed by atoms with Gasteiger partial charge in [0.2, 0.25) is 5.91 Å². The number of carbonyl (C=O) groups is 1. The van der Waals surface area contributed by atoms with E-state index in [1.54, 1.807) is 21.1 Å². The van der Waals surface area contributed by atoms with Gasteiger partial charge in [-0.15, -0.1) is 24.0 Å². The second-order valence-electron chi connectivity index (χ2n) is 6.69. The first-order valence-electron chi connectivity index (χ1n) is 9.79. The molecular weight excluding hydrogens is 485 g/mol. The number of ether oxygens (including phenoxy) is 2. The average Bonchev–Trinajstić information content (AvgIpc) is 2.71. The first kappa shape index (κ1) is 25.4. The molecule has 164 valence electrons. The molecule has 0 bridgehead atoms. The smallest absolute Gasteiger partial charge is 0.219 e. The fourth-order valence-corrected chi connectivity index (χ4v) is 2.99. The molecule has 0 saturated carbocycles. The SMILES string of the molecule is CN=C(NCCN1CCN(C(C)=O)CC1)Nc1cccc(OCCCOC)c1.I. The van der Waals surface area contributed by atoms with Crippen LogP contribution in [0, 0.1) is 0 Å². The van der Waals surface area contributed by atoms with Crippen LogP contribution in [-0.4, -0.2) is 88.3 Å². The third-order valence-electron chi connectivity index (χ3n) is 4.62. The molecule has 8 nitrogen and oxygen atoms in total. The maximum atomic E-state index is 11.4. The van der Waals surface area contributed by atoms with E-state index in [0.717, 1.165) is 63.1 Å². The topological polar surface area (TPSA) is 78.4 Å². The van der Waals surface area contributed by atoms with E-state index in [-0.39, 0.29) is 29.9 Å². The second kappa shape index (κ2) is 14.4. The van der Waals surface area contributed by atoms with Gasteiger partial charge in [0.05, 0.1) is 6.61 Å². The number of hydrogen-bond acceptors (Lipinski definition) is 5. The van der Waals surface area contributed by atoms with E-state index in [9.17, 15) is 4.79 Å². The molecule has 1 aliphatic heterocycles. The standard InChI is InChI=1S/C20H33N5O3.HI/c1-17(26)25-12-10-24(11-13-25)9-8-22-20(21-2)23-18-6-4-7-19(16-18)28-15-5-14-27-3;/h4,6-7,16H,5,8-15H2,1-3H3,(H2,21,22,23);1H. The number of amides is 1. The number of anilines is 1. The zero-order valence-corrected chi connectivity index (χ0v) is 20.0. The second-order valence-corrected chi connectivity index (χ2v) is 6.69. The molecule has 0 aliphatic carbocycles. The number of hydrogen-bond donors (Lipinski definition) is 2. The van der Waals surface area contributed by atoms with Crippen molar-refractivity contribution in [3.05, 3.63) is 24.3 Å². The highest BCUT2D eigenvalue weighted by molar-refractivity contribution is 14.0. The number of aliphatic imine (C=N–C) groups is 1. The minimum Gasteiger partial charge on any atom is -0.493 e. The quantitative estimate of drug-likeness (QED) is 0.225. The molecule has 1 aromatic rings. The molecule has 1 amide bonds. The van der Waals surface area contributed by atoms with Crippen LogP contribution in [0.25, 0.3) is 0 Å². The Morgan fingerprint density at radius 1 is 1.21 bits per heavy atom. The molecule has 1 aromatic carbocycles. The van der Waals surface area contributed by atoms with Crippen LogP contribution < -0.4 is 15.4 Å². The van der Waals surface area contributed by atoms with E-state index in [4.69, 9.17) is 9.47 Å². The number of nitrogens with one attached hydrogen (secondary N) is 2. The Bertz CT molecular complexity index is 636. The molecule has 2 N–H and O–H groups in total. The van der Waals surface area contributed by atoms with Crippen LogP contribution in [0.15, 0.2) is 29.3 Å². The van der Waals surface area contributed by atoms with Gasteiger partial charge in [-0.2, -0.15) is 0 Å². The lowest BCUT2D eigenvalue weighted by Gasteiger charge is -2.34. The average molecular weight is 519 g/mol. The largest absolute Gasteiger partial charge is 0.493 e. The van der Waals surface area contributed by atoms with Gasteiger partial charge in [-0.05, 0) is 12.1 Å². The van der Waals surface area contributed by atoms with Crippen molar-refractivity contribution in [1.29, 1.82) is 0 Å². The van der Waals surface area contributed by atoms with Gasteiger partial charge in [-0.1, -0.05) is 6.07 Å². The van der Waals surface area contributed by atoms with Crippen molar-refractivity contribution in [2.75, 3.05) is 72.0 Å². The zero-order chi connectivity index (χ0) is 20.2. The first-order valence-corrected chi connectivity index (χ1v) is 9.79. The summed E-state index contributed by atoms with van der Waals surface area (Å²) in [5.74, 6) is 1.70. The lowest BCUT2D eigenvalue weighted by molar-refractivity contribution is -0.130. The monoisotopic (exact) mass is 519 g/mol. The third kappa shape index (κ3) is 9.64. The summed E-state index contributed by atoms with van der Waals surface area (Å²) in [4.78, 5) is 19.9. The van der Waals surface area contributed by atoms with E-state index in [0.29, 0.717) is 13.2 Å². The van der Waals surface area contributed by atoms with Gasteiger partial charge in [0.15, 0.2) is 5.96 Å². The van der Waals surface area contributed by atoms with Crippen molar-refractivity contribution in [2.24, 2.45) is 4.99 Å². The molecule has 9 heteroatoms. The highest BCUT2D eigenvalue weighted by Gasteiger charge is 2.17. The van der Waals surface area contributed by atoms with Crippen molar-refractivity contribution >= 4 is 41.5 Å². The van der Waals surface area contributed by atoms with E-state index >= 15 is 0 Å². The summed E-state index contributed by atoms with van der Waals surface area (Å²) < 4.78 is 10.8. The van der Waals surface area contributed by atoms with Gasteiger partial charge in [0.25, 0.3) is 0 Å². The summed E-state index contributed by atoms with van der Waals surface area (Å²) in [6.07, 6.45) is 0.859. The minimum absolute atomic E-state index is 0. The zero-order valence-electron chi connectivity index (χ0n) is 17.6. The number of rotatable bonds is 9. The molecule has 1 aliphatic rings. The molecule has 0 atom stereocenters. The van der Waals surface area contributed by atoms with Gasteiger partial charge in [0.1, 0.15) is 5.75 Å². The van der Waals surface area contributed by atoms with E-state index in [1.165, 1.54) is 0 Å². The van der Waals surface area contributed by atoms with E-state index < -0.39 is 0 Å². The lowest BCUT2D eigenvalue weighted by Crippen LogP contribution is -2.50. The van der Waals surface area contributed by atoms with Crippen LogP contribution in [0.2, 0.25) is 0 Å². The van der Waals surface area contributed by atoms with Crippen molar-refractivity contribution in [2.45, 2.75) is 13.3 Å². The highest BCUT2D eigenvalue weighted by Crippen LogP contribution is 2.17. The Morgan fingerprint density at radius 2 is 1.97 bits per heavy atom. The molecule has 2 rings (SSSR count). The summed E-state index contributed by atoms with van der Waals surface area (Å²) in [7, 11) is 3.45. The van der Waals surface area contributed by atoms with Crippen molar-refractivity contribution in [3.63, 3.8) is 0 Å². The number of benzene rings is 1. The summed E-state index contributed by atoms with van der Waals surface area (Å²) in [6, 6.07) is 7.83. The minimum atomic E-state index is 0. The Balaban J connectivity index is 0.00000420. The van der Waals surface area contributed by atoms with Crippen molar-refractivity contribution in [3.8, 4) is 5.75 Å². The van der Waals surface area contributed by atoms with Crippen LogP contribution in [0.5, 0.6) is 5.75 Å². The maximum absolute atomic E-state index is 11.4. The summed E-state index contributed by atoms with van der Waals surface area (Å²) in [6.45, 7) is 8.08. The summed E-state index contributed by atoms with van der Waals surface area (Å²) >= 11 is 0. The van der Waals surface area contributed by atoms with Crippen LogP contribution in [0.1, 0.15) is 13.3 Å². The van der Waals surface area contributed by atoms with Crippen molar-refractivity contribution in [1.82, 2.24) is 15.1 Å². The highest BCUT2D eigenvalue weighted by atomic mass is 127. The van der Waals surface area contributed by atoms with Crippen LogP contribution in [0.3, 0.4) is 0 Å². The third-order valence-corrected chi connectivity index (χ3v) is 4.62. The maximum Gasteiger partial charge on any atom is 0.219 e.